The molecule has 25 heavy (non-hydrogen) atoms. The van der Waals surface area contributed by atoms with Gasteiger partial charge in [0.05, 0.1) is 0 Å². The number of amidine groups is 2. The van der Waals surface area contributed by atoms with E-state index in [1.807, 2.05) is 12.1 Å². The van der Waals surface area contributed by atoms with E-state index in [1.165, 1.54) is 47.9 Å². The number of rotatable bonds is 2. The van der Waals surface area contributed by atoms with Gasteiger partial charge in [-0.1, -0.05) is 24.3 Å². The molecule has 0 aliphatic heterocycles. The molecular weight excluding hydrogens is 306 g/mol. The van der Waals surface area contributed by atoms with E-state index in [0.717, 1.165) is 36.8 Å². The minimum Gasteiger partial charge on any atom is -0.383 e. The normalized spacial score (nSPS) is 16.9. The second kappa shape index (κ2) is 6.83. The molecule has 0 saturated heterocycles. The summed E-state index contributed by atoms with van der Waals surface area (Å²) in [5, 5.41) is 8.35. The predicted molar refractivity (Wildman–Crippen MR) is 104 cm³/mol. The van der Waals surface area contributed by atoms with E-state index in [2.05, 4.69) is 29.3 Å². The largest absolute Gasteiger partial charge is 0.383 e. The van der Waals surface area contributed by atoms with Crippen molar-refractivity contribution in [3.05, 3.63) is 69.8 Å². The van der Waals surface area contributed by atoms with Gasteiger partial charge in [0.2, 0.25) is 0 Å². The highest BCUT2D eigenvalue weighted by atomic mass is 14.9. The molecule has 0 heterocycles. The van der Waals surface area contributed by atoms with Crippen LogP contribution >= 0.6 is 0 Å². The first-order valence-corrected chi connectivity index (χ1v) is 9.38. The highest BCUT2D eigenvalue weighted by Crippen LogP contribution is 2.24. The molecule has 0 radical (unpaired) electrons. The first-order chi connectivity index (χ1) is 12.2. The second-order valence-electron chi connectivity index (χ2n) is 7.23. The number of fused-ring (bicyclic) bond motifs is 2. The number of hydrogen-bond acceptors (Lipinski definition) is 1. The molecule has 2 aromatic rings. The lowest BCUT2D eigenvalue weighted by Gasteiger charge is -2.17. The van der Waals surface area contributed by atoms with Gasteiger partial charge in [0.25, 0.3) is 0 Å². The Balaban J connectivity index is 1.58. The van der Waals surface area contributed by atoms with Crippen LogP contribution in [0.5, 0.6) is 0 Å². The molecule has 0 aromatic heterocycles. The van der Waals surface area contributed by atoms with Crippen molar-refractivity contribution in [2.45, 2.75) is 51.4 Å². The highest BCUT2D eigenvalue weighted by molar-refractivity contribution is 6.09. The monoisotopic (exact) mass is 331 g/mol. The molecule has 0 saturated carbocycles. The lowest BCUT2D eigenvalue weighted by Crippen LogP contribution is -2.17. The molecule has 0 bridgehead atoms. The number of nitrogens with two attached hydrogens (primary N) is 1. The molecule has 0 amide bonds. The van der Waals surface area contributed by atoms with Crippen molar-refractivity contribution in [1.29, 1.82) is 5.41 Å². The van der Waals surface area contributed by atoms with Gasteiger partial charge in [-0.3, -0.25) is 5.41 Å². The van der Waals surface area contributed by atoms with Crippen LogP contribution in [0.2, 0.25) is 0 Å². The van der Waals surface area contributed by atoms with Crippen LogP contribution in [-0.4, -0.2) is 11.7 Å². The van der Waals surface area contributed by atoms with E-state index in [0.29, 0.717) is 5.84 Å². The van der Waals surface area contributed by atoms with E-state index in [-0.39, 0.29) is 5.84 Å². The third-order valence-corrected chi connectivity index (χ3v) is 5.50. The van der Waals surface area contributed by atoms with Crippen LogP contribution in [0.1, 0.15) is 59.1 Å². The average Bonchev–Trinajstić information content (AvgIpc) is 2.67. The van der Waals surface area contributed by atoms with Crippen molar-refractivity contribution < 1.29 is 0 Å². The molecule has 2 aliphatic rings. The van der Waals surface area contributed by atoms with Crippen LogP contribution in [-0.2, 0) is 25.7 Å². The molecule has 0 spiro atoms. The number of nitrogens with zero attached hydrogens (tertiary/aromatic N) is 1. The number of nitrogens with one attached hydrogen (secondary N) is 1. The highest BCUT2D eigenvalue weighted by Gasteiger charge is 2.13. The summed E-state index contributed by atoms with van der Waals surface area (Å²) in [6, 6.07) is 12.7. The summed E-state index contributed by atoms with van der Waals surface area (Å²) in [5.74, 6) is 0.694. The fourth-order valence-corrected chi connectivity index (χ4v) is 4.02. The third-order valence-electron chi connectivity index (χ3n) is 5.50. The second-order valence-corrected chi connectivity index (χ2v) is 7.23. The molecule has 2 aromatic carbocycles. The molecule has 2 aliphatic carbocycles. The molecule has 3 heteroatoms. The minimum absolute atomic E-state index is 0.253. The SMILES string of the molecule is N=C(N=C(N)c1ccc2c(c1)CCCC2)c1ccc2c(c1)CCCC2. The molecule has 3 nitrogen and oxygen atoms in total. The van der Waals surface area contributed by atoms with Gasteiger partial charge >= 0.3 is 0 Å². The predicted octanol–water partition coefficient (Wildman–Crippen LogP) is 4.18. The summed E-state index contributed by atoms with van der Waals surface area (Å²) in [5.41, 5.74) is 13.6. The van der Waals surface area contributed by atoms with E-state index in [9.17, 15) is 0 Å². The number of aliphatic imine (C=N–C) groups is 1. The van der Waals surface area contributed by atoms with Crippen LogP contribution in [0.3, 0.4) is 0 Å². The lowest BCUT2D eigenvalue weighted by atomic mass is 9.90. The summed E-state index contributed by atoms with van der Waals surface area (Å²) in [4.78, 5) is 4.39. The van der Waals surface area contributed by atoms with Crippen molar-refractivity contribution in [2.75, 3.05) is 0 Å². The van der Waals surface area contributed by atoms with Crippen LogP contribution < -0.4 is 5.73 Å². The molecule has 0 unspecified atom stereocenters. The van der Waals surface area contributed by atoms with Gasteiger partial charge in [0.15, 0.2) is 5.84 Å². The Hall–Kier alpha value is -2.42. The molecule has 3 N–H and O–H groups in total. The van der Waals surface area contributed by atoms with Crippen molar-refractivity contribution in [2.24, 2.45) is 10.7 Å². The molecule has 0 fully saturated rings. The quantitative estimate of drug-likeness (QED) is 0.629. The van der Waals surface area contributed by atoms with Gasteiger partial charge in [-0.25, -0.2) is 4.99 Å². The van der Waals surface area contributed by atoms with E-state index >= 15 is 0 Å². The summed E-state index contributed by atoms with van der Waals surface area (Å²) >= 11 is 0. The van der Waals surface area contributed by atoms with Crippen molar-refractivity contribution in [1.82, 2.24) is 0 Å². The maximum Gasteiger partial charge on any atom is 0.154 e. The zero-order valence-corrected chi connectivity index (χ0v) is 14.6. The van der Waals surface area contributed by atoms with Crippen molar-refractivity contribution >= 4 is 11.7 Å². The van der Waals surface area contributed by atoms with E-state index < -0.39 is 0 Å². The van der Waals surface area contributed by atoms with E-state index in [1.54, 1.807) is 0 Å². The number of aryl methyl sites for hydroxylation is 4. The zero-order valence-electron chi connectivity index (χ0n) is 14.6. The number of benzene rings is 2. The summed E-state index contributed by atoms with van der Waals surface area (Å²) in [7, 11) is 0. The maximum absolute atomic E-state index is 8.35. The molecular formula is C22H25N3. The Morgan fingerprint density at radius 2 is 1.20 bits per heavy atom. The van der Waals surface area contributed by atoms with Gasteiger partial charge in [0.1, 0.15) is 5.84 Å². The average molecular weight is 331 g/mol. The molecule has 128 valence electrons. The Morgan fingerprint density at radius 1 is 0.720 bits per heavy atom. The Labute approximate surface area is 149 Å². The van der Waals surface area contributed by atoms with Crippen LogP contribution in [0.4, 0.5) is 0 Å². The summed E-state index contributed by atoms with van der Waals surface area (Å²) in [6.07, 6.45) is 9.59. The fourth-order valence-electron chi connectivity index (χ4n) is 4.02. The Morgan fingerprint density at radius 3 is 1.80 bits per heavy atom. The van der Waals surface area contributed by atoms with Crippen LogP contribution in [0, 0.1) is 5.41 Å². The minimum atomic E-state index is 0.253. The molecule has 4 rings (SSSR count). The Bertz CT molecular complexity index is 848. The first-order valence-electron chi connectivity index (χ1n) is 9.38. The van der Waals surface area contributed by atoms with Crippen LogP contribution in [0.15, 0.2) is 41.4 Å². The zero-order chi connectivity index (χ0) is 17.2. The lowest BCUT2D eigenvalue weighted by molar-refractivity contribution is 0.685. The van der Waals surface area contributed by atoms with Crippen molar-refractivity contribution in [3.8, 4) is 0 Å². The van der Waals surface area contributed by atoms with Gasteiger partial charge < -0.3 is 5.73 Å². The Kier molecular flexibility index (Phi) is 4.39. The van der Waals surface area contributed by atoms with Gasteiger partial charge in [-0.05, 0) is 85.8 Å². The third kappa shape index (κ3) is 3.37. The van der Waals surface area contributed by atoms with Crippen molar-refractivity contribution in [3.63, 3.8) is 0 Å². The van der Waals surface area contributed by atoms with E-state index in [4.69, 9.17) is 11.1 Å². The fraction of sp³-hybridized carbons (Fsp3) is 0.364. The molecule has 0 atom stereocenters. The standard InChI is InChI=1S/C22H25N3/c23-21(19-11-9-15-5-1-3-7-17(15)13-19)25-22(24)20-12-10-16-6-2-4-8-18(16)14-20/h9-14H,1-8H2,(H3,23,24,25). The summed E-state index contributed by atoms with van der Waals surface area (Å²) in [6.45, 7) is 0. The van der Waals surface area contributed by atoms with Gasteiger partial charge in [-0.15, -0.1) is 0 Å². The smallest absolute Gasteiger partial charge is 0.154 e. The number of hydrogen-bond donors (Lipinski definition) is 2. The van der Waals surface area contributed by atoms with Gasteiger partial charge in [0, 0.05) is 11.1 Å². The topological polar surface area (TPSA) is 62.2 Å². The van der Waals surface area contributed by atoms with Gasteiger partial charge in [-0.2, -0.15) is 0 Å². The summed E-state index contributed by atoms with van der Waals surface area (Å²) < 4.78 is 0. The maximum atomic E-state index is 8.35. The van der Waals surface area contributed by atoms with Crippen LogP contribution in [0.25, 0.3) is 0 Å². The first kappa shape index (κ1) is 16.1.